The maximum atomic E-state index is 12.9. The van der Waals surface area contributed by atoms with Crippen molar-refractivity contribution >= 4 is 28.4 Å². The van der Waals surface area contributed by atoms with E-state index in [1.807, 2.05) is 7.05 Å². The average molecular weight is 377 g/mol. The van der Waals surface area contributed by atoms with Gasteiger partial charge in [0, 0.05) is 13.1 Å². The molecule has 1 aliphatic heterocycles. The first kappa shape index (κ1) is 20.9. The van der Waals surface area contributed by atoms with Gasteiger partial charge < -0.3 is 10.1 Å². The van der Waals surface area contributed by atoms with Gasteiger partial charge in [0.05, 0.1) is 17.6 Å². The lowest BCUT2D eigenvalue weighted by Crippen LogP contribution is -2.40. The molecule has 0 atom stereocenters. The first-order chi connectivity index (χ1) is 10.9. The molecule has 0 unspecified atom stereocenters. The molecule has 136 valence electrons. The van der Waals surface area contributed by atoms with Crippen molar-refractivity contribution in [2.24, 2.45) is 5.92 Å². The van der Waals surface area contributed by atoms with Crippen LogP contribution in [0.15, 0.2) is 23.1 Å². The minimum atomic E-state index is -3.59. The number of ether oxygens (including phenoxy) is 1. The van der Waals surface area contributed by atoms with Crippen LogP contribution in [0.3, 0.4) is 0 Å². The van der Waals surface area contributed by atoms with Crippen molar-refractivity contribution < 1.29 is 17.9 Å². The zero-order valence-electron chi connectivity index (χ0n) is 14.2. The first-order valence-corrected chi connectivity index (χ1v) is 9.18. The van der Waals surface area contributed by atoms with Crippen molar-refractivity contribution in [1.82, 2.24) is 9.62 Å². The number of nitrogens with zero attached hydrogens (tertiary/aromatic N) is 1. The van der Waals surface area contributed by atoms with Crippen LogP contribution in [0.2, 0.25) is 0 Å². The van der Waals surface area contributed by atoms with Crippen molar-refractivity contribution in [2.45, 2.75) is 24.7 Å². The predicted molar refractivity (Wildman–Crippen MR) is 95.2 cm³/mol. The van der Waals surface area contributed by atoms with Crippen molar-refractivity contribution in [2.75, 3.05) is 33.8 Å². The minimum Gasteiger partial charge on any atom is -0.465 e. The maximum Gasteiger partial charge on any atom is 0.338 e. The van der Waals surface area contributed by atoms with Crippen LogP contribution in [0.4, 0.5) is 0 Å². The number of methoxy groups -OCH3 is 1. The number of esters is 1. The topological polar surface area (TPSA) is 75.7 Å². The summed E-state index contributed by atoms with van der Waals surface area (Å²) < 4.78 is 32.0. The van der Waals surface area contributed by atoms with E-state index in [2.05, 4.69) is 5.32 Å². The number of hydrogen-bond donors (Lipinski definition) is 1. The SMILES string of the molecule is CNCC1CCN(S(=O)(=O)c2cccc(C(=O)OC)c2C)CC1.Cl. The molecule has 1 aromatic carbocycles. The Morgan fingerprint density at radius 1 is 1.33 bits per heavy atom. The van der Waals surface area contributed by atoms with Crippen LogP contribution in [-0.2, 0) is 14.8 Å². The van der Waals surface area contributed by atoms with Crippen LogP contribution in [0, 0.1) is 12.8 Å². The van der Waals surface area contributed by atoms with E-state index in [1.165, 1.54) is 11.4 Å². The Bertz CT molecular complexity index is 671. The summed E-state index contributed by atoms with van der Waals surface area (Å²) in [4.78, 5) is 12.0. The molecule has 2 rings (SSSR count). The third kappa shape index (κ3) is 4.27. The molecule has 1 heterocycles. The van der Waals surface area contributed by atoms with Crippen LogP contribution in [0.5, 0.6) is 0 Å². The number of hydrogen-bond acceptors (Lipinski definition) is 5. The lowest BCUT2D eigenvalue weighted by atomic mass is 9.98. The fourth-order valence-electron chi connectivity index (χ4n) is 3.01. The van der Waals surface area contributed by atoms with Crippen LogP contribution in [0.25, 0.3) is 0 Å². The lowest BCUT2D eigenvalue weighted by molar-refractivity contribution is 0.0599. The van der Waals surface area contributed by atoms with Crippen LogP contribution in [0.1, 0.15) is 28.8 Å². The van der Waals surface area contributed by atoms with E-state index in [1.54, 1.807) is 25.1 Å². The molecule has 1 fully saturated rings. The molecular formula is C16H25ClN2O4S. The van der Waals surface area contributed by atoms with Crippen molar-refractivity contribution in [1.29, 1.82) is 0 Å². The summed E-state index contributed by atoms with van der Waals surface area (Å²) in [5, 5.41) is 3.14. The largest absolute Gasteiger partial charge is 0.465 e. The Hall–Kier alpha value is -1.15. The number of carbonyl (C=O) groups is 1. The van der Waals surface area contributed by atoms with Gasteiger partial charge in [-0.2, -0.15) is 4.31 Å². The Labute approximate surface area is 150 Å². The third-order valence-electron chi connectivity index (χ3n) is 4.37. The second-order valence-electron chi connectivity index (χ2n) is 5.83. The summed E-state index contributed by atoms with van der Waals surface area (Å²) in [6, 6.07) is 4.72. The predicted octanol–water partition coefficient (Wildman–Crippen LogP) is 1.82. The Morgan fingerprint density at radius 3 is 2.50 bits per heavy atom. The summed E-state index contributed by atoms with van der Waals surface area (Å²) in [6.45, 7) is 3.57. The summed E-state index contributed by atoms with van der Waals surface area (Å²) in [6.07, 6.45) is 1.69. The second kappa shape index (κ2) is 8.80. The van der Waals surface area contributed by atoms with Crippen molar-refractivity contribution in [3.05, 3.63) is 29.3 Å². The summed E-state index contributed by atoms with van der Waals surface area (Å²) in [7, 11) is -0.395. The van der Waals surface area contributed by atoms with Gasteiger partial charge in [-0.05, 0) is 57.0 Å². The molecule has 24 heavy (non-hydrogen) atoms. The normalized spacial score (nSPS) is 16.5. The molecule has 0 amide bonds. The molecule has 6 nitrogen and oxygen atoms in total. The highest BCUT2D eigenvalue weighted by atomic mass is 35.5. The Balaban J connectivity index is 0.00000288. The zero-order chi connectivity index (χ0) is 17.0. The van der Waals surface area contributed by atoms with E-state index in [9.17, 15) is 13.2 Å². The average Bonchev–Trinajstić information content (AvgIpc) is 2.55. The van der Waals surface area contributed by atoms with Crippen LogP contribution in [-0.4, -0.2) is 52.5 Å². The van der Waals surface area contributed by atoms with Gasteiger partial charge >= 0.3 is 5.97 Å². The van der Waals surface area contributed by atoms with Gasteiger partial charge in [-0.1, -0.05) is 6.07 Å². The number of benzene rings is 1. The molecule has 0 radical (unpaired) electrons. The van der Waals surface area contributed by atoms with E-state index in [0.717, 1.165) is 19.4 Å². The molecule has 1 saturated heterocycles. The molecule has 0 bridgehead atoms. The lowest BCUT2D eigenvalue weighted by Gasteiger charge is -2.31. The number of rotatable bonds is 5. The van der Waals surface area contributed by atoms with Gasteiger partial charge in [-0.3, -0.25) is 0 Å². The molecule has 1 N–H and O–H groups in total. The fourth-order valence-corrected chi connectivity index (χ4v) is 4.72. The number of carbonyl (C=O) groups excluding carboxylic acids is 1. The van der Waals surface area contributed by atoms with Gasteiger partial charge in [0.15, 0.2) is 0 Å². The highest BCUT2D eigenvalue weighted by molar-refractivity contribution is 7.89. The van der Waals surface area contributed by atoms with Crippen molar-refractivity contribution in [3.63, 3.8) is 0 Å². The highest BCUT2D eigenvalue weighted by Crippen LogP contribution is 2.27. The van der Waals surface area contributed by atoms with E-state index >= 15 is 0 Å². The van der Waals surface area contributed by atoms with E-state index in [4.69, 9.17) is 4.74 Å². The Morgan fingerprint density at radius 2 is 1.96 bits per heavy atom. The molecule has 8 heteroatoms. The van der Waals surface area contributed by atoms with Crippen LogP contribution < -0.4 is 5.32 Å². The quantitative estimate of drug-likeness (QED) is 0.793. The van der Waals surface area contributed by atoms with Gasteiger partial charge in [0.1, 0.15) is 0 Å². The summed E-state index contributed by atoms with van der Waals surface area (Å²) >= 11 is 0. The highest BCUT2D eigenvalue weighted by Gasteiger charge is 2.31. The fraction of sp³-hybridized carbons (Fsp3) is 0.562. The molecular weight excluding hydrogens is 352 g/mol. The Kier molecular flexibility index (Phi) is 7.66. The monoisotopic (exact) mass is 376 g/mol. The van der Waals surface area contributed by atoms with Crippen molar-refractivity contribution in [3.8, 4) is 0 Å². The van der Waals surface area contributed by atoms with Gasteiger partial charge in [0.25, 0.3) is 0 Å². The van der Waals surface area contributed by atoms with E-state index in [-0.39, 0.29) is 17.3 Å². The second-order valence-corrected chi connectivity index (χ2v) is 7.73. The molecule has 1 aliphatic rings. The van der Waals surface area contributed by atoms with E-state index < -0.39 is 16.0 Å². The minimum absolute atomic E-state index is 0. The van der Waals surface area contributed by atoms with E-state index in [0.29, 0.717) is 30.1 Å². The third-order valence-corrected chi connectivity index (χ3v) is 6.42. The number of nitrogens with one attached hydrogen (secondary N) is 1. The van der Waals surface area contributed by atoms with Crippen LogP contribution >= 0.6 is 12.4 Å². The standard InChI is InChI=1S/C16H24N2O4S.ClH/c1-12-14(16(19)22-3)5-4-6-15(12)23(20,21)18-9-7-13(8-10-18)11-17-2;/h4-6,13,17H,7-11H2,1-3H3;1H. The van der Waals surface area contributed by atoms with Gasteiger partial charge in [-0.15, -0.1) is 12.4 Å². The van der Waals surface area contributed by atoms with Gasteiger partial charge in [-0.25, -0.2) is 13.2 Å². The van der Waals surface area contributed by atoms with Gasteiger partial charge in [0.2, 0.25) is 10.0 Å². The number of piperidine rings is 1. The number of halogens is 1. The first-order valence-electron chi connectivity index (χ1n) is 7.74. The molecule has 0 aromatic heterocycles. The smallest absolute Gasteiger partial charge is 0.338 e. The molecule has 1 aromatic rings. The summed E-state index contributed by atoms with van der Waals surface area (Å²) in [5.41, 5.74) is 0.732. The maximum absolute atomic E-state index is 12.9. The molecule has 0 spiro atoms. The number of sulfonamides is 1. The zero-order valence-corrected chi connectivity index (χ0v) is 15.9. The molecule has 0 saturated carbocycles. The molecule has 0 aliphatic carbocycles. The summed E-state index contributed by atoms with van der Waals surface area (Å²) in [5.74, 6) is -0.0128.